The maximum Gasteiger partial charge on any atom is 0.408 e. The number of hydrogen-bond donors (Lipinski definition) is 2. The van der Waals surface area contributed by atoms with Gasteiger partial charge in [-0.1, -0.05) is 0 Å². The normalized spacial score (nSPS) is 17.3. The van der Waals surface area contributed by atoms with Crippen LogP contribution in [0.3, 0.4) is 0 Å². The Bertz CT molecular complexity index is 384. The van der Waals surface area contributed by atoms with Crippen LogP contribution in [0, 0.1) is 0 Å². The van der Waals surface area contributed by atoms with E-state index in [0.29, 0.717) is 12.8 Å². The summed E-state index contributed by atoms with van der Waals surface area (Å²) >= 11 is 0. The Kier molecular flexibility index (Phi) is 4.55. The summed E-state index contributed by atoms with van der Waals surface area (Å²) in [5, 5.41) is 4.68. The van der Waals surface area contributed by atoms with Crippen molar-refractivity contribution in [2.45, 2.75) is 57.3 Å². The van der Waals surface area contributed by atoms with Crippen molar-refractivity contribution in [3.63, 3.8) is 0 Å². The summed E-state index contributed by atoms with van der Waals surface area (Å²) in [5.41, 5.74) is -1.82. The Labute approximate surface area is 115 Å². The Balaban J connectivity index is 2.41. The maximum atomic E-state index is 12.0. The minimum atomic E-state index is -4.32. The molecule has 116 valence electrons. The molecule has 0 saturated heterocycles. The average molecular weight is 296 g/mol. The molecule has 0 spiro atoms. The van der Waals surface area contributed by atoms with Crippen LogP contribution in [-0.4, -0.2) is 35.9 Å². The van der Waals surface area contributed by atoms with Gasteiger partial charge in [-0.2, -0.15) is 13.2 Å². The first kappa shape index (κ1) is 16.6. The molecule has 20 heavy (non-hydrogen) atoms. The molecule has 1 aliphatic carbocycles. The molecule has 0 aromatic rings. The molecule has 1 saturated carbocycles. The number of hydrogen-bond acceptors (Lipinski definition) is 3. The minimum absolute atomic E-state index is 0.322. The van der Waals surface area contributed by atoms with Crippen LogP contribution in [0.2, 0.25) is 0 Å². The summed E-state index contributed by atoms with van der Waals surface area (Å²) in [5.74, 6) is -0.675. The largest absolute Gasteiger partial charge is 0.433 e. The predicted octanol–water partition coefficient (Wildman–Crippen LogP) is 2.11. The number of carbonyl (C=O) groups is 2. The highest BCUT2D eigenvalue weighted by Crippen LogP contribution is 2.40. The zero-order valence-electron chi connectivity index (χ0n) is 11.7. The lowest BCUT2D eigenvalue weighted by Crippen LogP contribution is -2.47. The van der Waals surface area contributed by atoms with E-state index in [-0.39, 0.29) is 0 Å². The number of rotatable bonds is 4. The van der Waals surface area contributed by atoms with Crippen molar-refractivity contribution in [1.29, 1.82) is 0 Å². The molecular formula is C12H19F3N2O3. The fourth-order valence-corrected chi connectivity index (χ4v) is 1.48. The van der Waals surface area contributed by atoms with Crippen LogP contribution in [0.5, 0.6) is 0 Å². The van der Waals surface area contributed by atoms with Gasteiger partial charge in [-0.15, -0.1) is 0 Å². The molecule has 0 unspecified atom stereocenters. The first-order chi connectivity index (χ1) is 8.94. The maximum absolute atomic E-state index is 12.0. The summed E-state index contributed by atoms with van der Waals surface area (Å²) in [6, 6.07) is 0. The van der Waals surface area contributed by atoms with Gasteiger partial charge in [-0.25, -0.2) is 4.79 Å². The van der Waals surface area contributed by atoms with Gasteiger partial charge in [0.05, 0.1) is 6.42 Å². The first-order valence-electron chi connectivity index (χ1n) is 6.30. The molecule has 5 nitrogen and oxygen atoms in total. The van der Waals surface area contributed by atoms with E-state index in [1.165, 1.54) is 0 Å². The number of alkyl halides is 3. The van der Waals surface area contributed by atoms with Crippen LogP contribution >= 0.6 is 0 Å². The second-order valence-electron chi connectivity index (χ2n) is 5.88. The summed E-state index contributed by atoms with van der Waals surface area (Å²) in [6.45, 7) is 4.72. The predicted molar refractivity (Wildman–Crippen MR) is 65.0 cm³/mol. The summed E-state index contributed by atoms with van der Waals surface area (Å²) in [7, 11) is 0. The lowest BCUT2D eigenvalue weighted by molar-refractivity contribution is -0.139. The van der Waals surface area contributed by atoms with E-state index in [0.717, 1.165) is 0 Å². The van der Waals surface area contributed by atoms with Crippen LogP contribution < -0.4 is 10.6 Å². The van der Waals surface area contributed by atoms with Crippen molar-refractivity contribution in [3.8, 4) is 0 Å². The van der Waals surface area contributed by atoms with E-state index in [9.17, 15) is 22.8 Å². The second kappa shape index (κ2) is 5.49. The van der Waals surface area contributed by atoms with E-state index in [1.54, 1.807) is 20.8 Å². The van der Waals surface area contributed by atoms with E-state index >= 15 is 0 Å². The molecule has 1 rings (SSSR count). The van der Waals surface area contributed by atoms with Gasteiger partial charge >= 0.3 is 12.3 Å². The van der Waals surface area contributed by atoms with E-state index in [1.807, 2.05) is 0 Å². The summed E-state index contributed by atoms with van der Waals surface area (Å²) < 4.78 is 40.9. The van der Waals surface area contributed by atoms with Gasteiger partial charge in [-0.05, 0) is 20.8 Å². The SMILES string of the molecule is CC(C)(C)NC(=O)OC1(C(=O)NCCC(F)(F)F)CC1. The quantitative estimate of drug-likeness (QED) is 0.835. The average Bonchev–Trinajstić information content (AvgIpc) is 2.93. The van der Waals surface area contributed by atoms with Crippen molar-refractivity contribution in [1.82, 2.24) is 10.6 Å². The number of halogens is 3. The van der Waals surface area contributed by atoms with Crippen LogP contribution in [0.4, 0.5) is 18.0 Å². The minimum Gasteiger partial charge on any atom is -0.433 e. The molecule has 2 amide bonds. The summed E-state index contributed by atoms with van der Waals surface area (Å²) in [6.07, 6.45) is -5.54. The molecule has 0 heterocycles. The van der Waals surface area contributed by atoms with Gasteiger partial charge in [0.1, 0.15) is 0 Å². The van der Waals surface area contributed by atoms with E-state index in [2.05, 4.69) is 10.6 Å². The van der Waals surface area contributed by atoms with Gasteiger partial charge in [0.15, 0.2) is 5.60 Å². The molecule has 1 aliphatic rings. The molecule has 0 aliphatic heterocycles. The Morgan fingerprint density at radius 1 is 1.20 bits per heavy atom. The van der Waals surface area contributed by atoms with Crippen LogP contribution in [0.15, 0.2) is 0 Å². The van der Waals surface area contributed by atoms with Gasteiger partial charge in [-0.3, -0.25) is 4.79 Å². The van der Waals surface area contributed by atoms with Crippen LogP contribution in [0.25, 0.3) is 0 Å². The first-order valence-corrected chi connectivity index (χ1v) is 6.30. The van der Waals surface area contributed by atoms with Crippen molar-refractivity contribution in [2.24, 2.45) is 0 Å². The van der Waals surface area contributed by atoms with Gasteiger partial charge in [0.25, 0.3) is 5.91 Å². The van der Waals surface area contributed by atoms with Crippen molar-refractivity contribution < 1.29 is 27.5 Å². The monoisotopic (exact) mass is 296 g/mol. The van der Waals surface area contributed by atoms with Crippen molar-refractivity contribution in [2.75, 3.05) is 6.54 Å². The second-order valence-corrected chi connectivity index (χ2v) is 5.88. The Morgan fingerprint density at radius 3 is 2.15 bits per heavy atom. The Hall–Kier alpha value is -1.47. The zero-order chi connectivity index (χ0) is 15.6. The third kappa shape index (κ3) is 5.66. The standard InChI is InChI=1S/C12H19F3N2O3/c1-10(2,3)17-9(19)20-11(4-5-11)8(18)16-7-6-12(13,14)15/h4-7H2,1-3H3,(H,16,18)(H,17,19). The third-order valence-corrected chi connectivity index (χ3v) is 2.58. The van der Waals surface area contributed by atoms with E-state index < -0.39 is 42.3 Å². The molecular weight excluding hydrogens is 277 g/mol. The number of alkyl carbamates (subject to hydrolysis) is 1. The number of nitrogens with one attached hydrogen (secondary N) is 2. The van der Waals surface area contributed by atoms with Crippen molar-refractivity contribution >= 4 is 12.0 Å². The van der Waals surface area contributed by atoms with Gasteiger partial charge < -0.3 is 15.4 Å². The van der Waals surface area contributed by atoms with Gasteiger partial charge in [0, 0.05) is 24.9 Å². The fourth-order valence-electron chi connectivity index (χ4n) is 1.48. The smallest absolute Gasteiger partial charge is 0.408 e. The van der Waals surface area contributed by atoms with Crippen molar-refractivity contribution in [3.05, 3.63) is 0 Å². The number of carbonyl (C=O) groups excluding carboxylic acids is 2. The molecule has 8 heteroatoms. The Morgan fingerprint density at radius 2 is 1.75 bits per heavy atom. The van der Waals surface area contributed by atoms with Gasteiger partial charge in [0.2, 0.25) is 0 Å². The third-order valence-electron chi connectivity index (χ3n) is 2.58. The van der Waals surface area contributed by atoms with Crippen LogP contribution in [0.1, 0.15) is 40.0 Å². The fraction of sp³-hybridized carbons (Fsp3) is 0.833. The topological polar surface area (TPSA) is 67.4 Å². The number of amides is 2. The highest BCUT2D eigenvalue weighted by Gasteiger charge is 2.54. The lowest BCUT2D eigenvalue weighted by Gasteiger charge is -2.23. The molecule has 0 bridgehead atoms. The zero-order valence-corrected chi connectivity index (χ0v) is 11.7. The molecule has 0 radical (unpaired) electrons. The highest BCUT2D eigenvalue weighted by atomic mass is 19.4. The highest BCUT2D eigenvalue weighted by molar-refractivity contribution is 5.90. The van der Waals surface area contributed by atoms with Crippen LogP contribution in [-0.2, 0) is 9.53 Å². The molecule has 2 N–H and O–H groups in total. The van der Waals surface area contributed by atoms with E-state index in [4.69, 9.17) is 4.74 Å². The molecule has 1 fully saturated rings. The molecule has 0 aromatic heterocycles. The molecule has 0 atom stereocenters. The molecule has 0 aromatic carbocycles. The lowest BCUT2D eigenvalue weighted by atomic mass is 10.1. The number of ether oxygens (including phenoxy) is 1. The summed E-state index contributed by atoms with van der Waals surface area (Å²) in [4.78, 5) is 23.3.